The molecule has 4 heteroatoms. The van der Waals surface area contributed by atoms with E-state index in [1.54, 1.807) is 0 Å². The summed E-state index contributed by atoms with van der Waals surface area (Å²) in [6, 6.07) is 0. The molecule has 3 aliphatic heterocycles. The first kappa shape index (κ1) is 11.6. The van der Waals surface area contributed by atoms with Gasteiger partial charge in [0.25, 0.3) is 0 Å². The topological polar surface area (TPSA) is 36.9 Å². The molecule has 4 nitrogen and oxygen atoms in total. The van der Waals surface area contributed by atoms with Crippen LogP contribution in [0.1, 0.15) is 46.5 Å². The highest BCUT2D eigenvalue weighted by molar-refractivity contribution is 5.07. The van der Waals surface area contributed by atoms with Crippen molar-refractivity contribution in [3.63, 3.8) is 0 Å². The fourth-order valence-corrected chi connectivity index (χ4v) is 4.27. The molecule has 0 aromatic rings. The van der Waals surface area contributed by atoms with Crippen molar-refractivity contribution in [2.45, 2.75) is 82.4 Å². The normalized spacial score (nSPS) is 57.2. The van der Waals surface area contributed by atoms with Crippen LogP contribution in [0.3, 0.4) is 0 Å². The predicted octanol–water partition coefficient (Wildman–Crippen LogP) is 2.21. The lowest BCUT2D eigenvalue weighted by Gasteiger charge is -2.25. The van der Waals surface area contributed by atoms with Gasteiger partial charge in [-0.25, -0.2) is 0 Å². The molecule has 1 aliphatic carbocycles. The summed E-state index contributed by atoms with van der Waals surface area (Å²) >= 11 is 0. The van der Waals surface area contributed by atoms with Crippen molar-refractivity contribution in [2.75, 3.05) is 0 Å². The first-order valence-electron chi connectivity index (χ1n) is 7.15. The molecule has 1 saturated carbocycles. The van der Waals surface area contributed by atoms with Crippen molar-refractivity contribution in [1.82, 2.24) is 0 Å². The summed E-state index contributed by atoms with van der Waals surface area (Å²) in [7, 11) is 0. The molecule has 4 fully saturated rings. The van der Waals surface area contributed by atoms with Crippen LogP contribution >= 0.6 is 0 Å². The Labute approximate surface area is 108 Å². The highest BCUT2D eigenvalue weighted by atomic mass is 16.8. The van der Waals surface area contributed by atoms with Gasteiger partial charge >= 0.3 is 0 Å². The minimum Gasteiger partial charge on any atom is -0.372 e. The molecule has 0 N–H and O–H groups in total. The van der Waals surface area contributed by atoms with E-state index in [1.807, 2.05) is 13.8 Å². The quantitative estimate of drug-likeness (QED) is 0.664. The molecule has 0 unspecified atom stereocenters. The van der Waals surface area contributed by atoms with E-state index in [4.69, 9.17) is 18.9 Å². The van der Waals surface area contributed by atoms with Gasteiger partial charge in [-0.05, 0) is 40.0 Å². The Morgan fingerprint density at radius 3 is 2.61 bits per heavy atom. The minimum atomic E-state index is -0.500. The van der Waals surface area contributed by atoms with Crippen molar-refractivity contribution in [3.8, 4) is 0 Å². The molecular weight excluding hydrogens is 232 g/mol. The van der Waals surface area contributed by atoms with E-state index < -0.39 is 5.79 Å². The van der Waals surface area contributed by atoms with Crippen LogP contribution in [0.4, 0.5) is 0 Å². The Hall–Kier alpha value is -0.160. The molecule has 0 bridgehead atoms. The van der Waals surface area contributed by atoms with Gasteiger partial charge < -0.3 is 18.9 Å². The molecular formula is C14H22O4. The number of hydrogen-bond donors (Lipinski definition) is 0. The van der Waals surface area contributed by atoms with Gasteiger partial charge in [-0.1, -0.05) is 0 Å². The Kier molecular flexibility index (Phi) is 2.25. The fraction of sp³-hybridized carbons (Fsp3) is 1.00. The number of ether oxygens (including phenoxy) is 4. The van der Waals surface area contributed by atoms with Gasteiger partial charge in [0.2, 0.25) is 0 Å². The zero-order valence-electron chi connectivity index (χ0n) is 11.3. The average molecular weight is 254 g/mol. The molecule has 3 saturated heterocycles. The van der Waals surface area contributed by atoms with Crippen molar-refractivity contribution >= 4 is 0 Å². The molecule has 6 atom stereocenters. The highest BCUT2D eigenvalue weighted by Crippen LogP contribution is 2.54. The second-order valence-electron chi connectivity index (χ2n) is 6.87. The molecule has 1 spiro atoms. The zero-order chi connectivity index (χ0) is 12.5. The minimum absolute atomic E-state index is 0.0653. The van der Waals surface area contributed by atoms with Gasteiger partial charge in [-0.2, -0.15) is 0 Å². The number of rotatable bonds is 0. The van der Waals surface area contributed by atoms with E-state index in [1.165, 1.54) is 12.8 Å². The van der Waals surface area contributed by atoms with Crippen LogP contribution in [0.2, 0.25) is 0 Å². The predicted molar refractivity (Wildman–Crippen MR) is 63.9 cm³/mol. The van der Waals surface area contributed by atoms with Crippen LogP contribution in [-0.4, -0.2) is 36.0 Å². The fourth-order valence-electron chi connectivity index (χ4n) is 4.27. The molecule has 3 heterocycles. The Bertz CT molecular complexity index is 369. The van der Waals surface area contributed by atoms with Crippen molar-refractivity contribution in [2.24, 2.45) is 5.92 Å². The third-order valence-corrected chi connectivity index (χ3v) is 4.94. The summed E-state index contributed by atoms with van der Waals surface area (Å²) in [6.07, 6.45) is 5.04. The lowest BCUT2D eigenvalue weighted by molar-refractivity contribution is -0.208. The lowest BCUT2D eigenvalue weighted by Crippen LogP contribution is -2.30. The molecule has 102 valence electrons. The van der Waals surface area contributed by atoms with E-state index in [-0.39, 0.29) is 24.1 Å². The molecule has 0 amide bonds. The van der Waals surface area contributed by atoms with Crippen LogP contribution in [0.5, 0.6) is 0 Å². The molecule has 4 rings (SSSR count). The molecule has 0 aromatic heterocycles. The van der Waals surface area contributed by atoms with Crippen LogP contribution in [0.15, 0.2) is 0 Å². The second-order valence-corrected chi connectivity index (χ2v) is 6.87. The summed E-state index contributed by atoms with van der Waals surface area (Å²) < 4.78 is 24.0. The van der Waals surface area contributed by atoms with Gasteiger partial charge in [0, 0.05) is 12.3 Å². The van der Waals surface area contributed by atoms with E-state index in [0.717, 1.165) is 12.8 Å². The van der Waals surface area contributed by atoms with Gasteiger partial charge in [0.15, 0.2) is 12.1 Å². The maximum absolute atomic E-state index is 6.17. The van der Waals surface area contributed by atoms with E-state index in [9.17, 15) is 0 Å². The summed E-state index contributed by atoms with van der Waals surface area (Å²) in [6.45, 7) is 6.09. The summed E-state index contributed by atoms with van der Waals surface area (Å²) in [5.74, 6) is -0.0538. The van der Waals surface area contributed by atoms with Gasteiger partial charge in [-0.3, -0.25) is 0 Å². The van der Waals surface area contributed by atoms with Crippen LogP contribution < -0.4 is 0 Å². The molecule has 4 aliphatic rings. The van der Waals surface area contributed by atoms with Gasteiger partial charge in [0.05, 0.1) is 17.8 Å². The van der Waals surface area contributed by atoms with Gasteiger partial charge in [0.1, 0.15) is 6.10 Å². The first-order valence-corrected chi connectivity index (χ1v) is 7.15. The highest BCUT2D eigenvalue weighted by Gasteiger charge is 2.62. The third kappa shape index (κ3) is 1.59. The Morgan fingerprint density at radius 2 is 1.89 bits per heavy atom. The maximum atomic E-state index is 6.17. The summed E-state index contributed by atoms with van der Waals surface area (Å²) in [5, 5.41) is 0. The van der Waals surface area contributed by atoms with Crippen molar-refractivity contribution in [1.29, 1.82) is 0 Å². The number of fused-ring (bicyclic) bond motifs is 3. The Balaban J connectivity index is 1.52. The SMILES string of the molecule is C[C@H]1CC[C@@]2(C[C@@H]3[C@H]4OC(C)(C)O[C@H]4O[C@@H]3C2)O1. The smallest absolute Gasteiger partial charge is 0.187 e. The average Bonchev–Trinajstić information content (AvgIpc) is 2.91. The van der Waals surface area contributed by atoms with E-state index in [2.05, 4.69) is 6.92 Å². The first-order chi connectivity index (χ1) is 8.46. The van der Waals surface area contributed by atoms with Crippen molar-refractivity contribution < 1.29 is 18.9 Å². The van der Waals surface area contributed by atoms with Crippen LogP contribution in [0.25, 0.3) is 0 Å². The lowest BCUT2D eigenvalue weighted by atomic mass is 9.94. The Morgan fingerprint density at radius 1 is 1.06 bits per heavy atom. The number of hydrogen-bond acceptors (Lipinski definition) is 4. The standard InChI is InChI=1S/C14H22O4/c1-8-4-5-14(16-8)6-9-10(7-14)15-12-11(9)17-13(2,3)18-12/h8-12H,4-7H2,1-3H3/t8-,9-,10+,11+,12+,14-/m0/s1. The van der Waals surface area contributed by atoms with Crippen LogP contribution in [0, 0.1) is 5.92 Å². The van der Waals surface area contributed by atoms with E-state index in [0.29, 0.717) is 12.0 Å². The maximum Gasteiger partial charge on any atom is 0.187 e. The largest absolute Gasteiger partial charge is 0.372 e. The monoisotopic (exact) mass is 254 g/mol. The molecule has 0 aromatic carbocycles. The summed E-state index contributed by atoms with van der Waals surface area (Å²) in [4.78, 5) is 0. The zero-order valence-corrected chi connectivity index (χ0v) is 11.3. The molecule has 0 radical (unpaired) electrons. The van der Waals surface area contributed by atoms with E-state index >= 15 is 0 Å². The second kappa shape index (κ2) is 3.48. The van der Waals surface area contributed by atoms with Crippen LogP contribution in [-0.2, 0) is 18.9 Å². The third-order valence-electron chi connectivity index (χ3n) is 4.94. The van der Waals surface area contributed by atoms with Gasteiger partial charge in [-0.15, -0.1) is 0 Å². The van der Waals surface area contributed by atoms with Crippen molar-refractivity contribution in [3.05, 3.63) is 0 Å². The molecule has 18 heavy (non-hydrogen) atoms. The summed E-state index contributed by atoms with van der Waals surface area (Å²) in [5.41, 5.74) is 0.0653.